The fourth-order valence-electron chi connectivity index (χ4n) is 2.00. The molecule has 0 spiro atoms. The highest BCUT2D eigenvalue weighted by atomic mass is 32.1. The van der Waals surface area contributed by atoms with E-state index in [9.17, 15) is 4.79 Å². The number of methoxy groups -OCH3 is 2. The summed E-state index contributed by atoms with van der Waals surface area (Å²) in [5, 5.41) is 3.93. The molecular weight excluding hydrogens is 300 g/mol. The van der Waals surface area contributed by atoms with Crippen LogP contribution in [0.15, 0.2) is 35.0 Å². The molecule has 0 saturated carbocycles. The van der Waals surface area contributed by atoms with Gasteiger partial charge in [0.2, 0.25) is 0 Å². The smallest absolute Gasteiger partial charge is 0.338 e. The molecule has 0 aliphatic heterocycles. The van der Waals surface area contributed by atoms with Crippen molar-refractivity contribution in [3.63, 3.8) is 0 Å². The second-order valence-corrected chi connectivity index (χ2v) is 5.18. The Balaban J connectivity index is 2.47. The lowest BCUT2D eigenvalue weighted by Gasteiger charge is -2.11. The van der Waals surface area contributed by atoms with E-state index in [2.05, 4.69) is 0 Å². The first-order valence-corrected chi connectivity index (χ1v) is 7.77. The summed E-state index contributed by atoms with van der Waals surface area (Å²) < 4.78 is 15.7. The standard InChI is InChI=1S/C17H18O4S/c1-4-21-17(18)14(9-12-7-8-22-11-12)13-5-6-15(19-2)16(10-13)20-3/h5-11H,4H2,1-3H3/b14-9+. The molecule has 0 fully saturated rings. The number of thiophene rings is 1. The topological polar surface area (TPSA) is 44.8 Å². The van der Waals surface area contributed by atoms with E-state index < -0.39 is 0 Å². The maximum atomic E-state index is 12.3. The Kier molecular flexibility index (Phi) is 5.61. The van der Waals surface area contributed by atoms with Crippen molar-refractivity contribution >= 4 is 29.0 Å². The molecule has 22 heavy (non-hydrogen) atoms. The van der Waals surface area contributed by atoms with Gasteiger partial charge in [-0.15, -0.1) is 0 Å². The minimum absolute atomic E-state index is 0.326. The van der Waals surface area contributed by atoms with Crippen molar-refractivity contribution < 1.29 is 19.0 Å². The normalized spacial score (nSPS) is 11.1. The minimum atomic E-state index is -0.360. The van der Waals surface area contributed by atoms with Crippen LogP contribution in [0.3, 0.4) is 0 Å². The van der Waals surface area contributed by atoms with E-state index in [0.717, 1.165) is 11.1 Å². The third-order valence-corrected chi connectivity index (χ3v) is 3.75. The predicted octanol–water partition coefficient (Wildman–Crippen LogP) is 3.87. The summed E-state index contributed by atoms with van der Waals surface area (Å²) in [7, 11) is 3.14. The first-order chi connectivity index (χ1) is 10.7. The lowest BCUT2D eigenvalue weighted by atomic mass is 10.0. The van der Waals surface area contributed by atoms with Crippen LogP contribution >= 0.6 is 11.3 Å². The van der Waals surface area contributed by atoms with Crippen molar-refractivity contribution in [2.45, 2.75) is 6.92 Å². The molecular formula is C17H18O4S. The number of carbonyl (C=O) groups excluding carboxylic acids is 1. The maximum Gasteiger partial charge on any atom is 0.338 e. The van der Waals surface area contributed by atoms with Crippen LogP contribution in [0.25, 0.3) is 11.6 Å². The Hall–Kier alpha value is -2.27. The molecule has 2 aromatic rings. The predicted molar refractivity (Wildman–Crippen MR) is 88.4 cm³/mol. The van der Waals surface area contributed by atoms with E-state index in [-0.39, 0.29) is 5.97 Å². The Morgan fingerprint density at radius 3 is 2.55 bits per heavy atom. The SMILES string of the molecule is CCOC(=O)/C(=C/c1ccsc1)c1ccc(OC)c(OC)c1. The number of esters is 1. The number of hydrogen-bond acceptors (Lipinski definition) is 5. The summed E-state index contributed by atoms with van der Waals surface area (Å²) in [6.45, 7) is 2.11. The summed E-state index contributed by atoms with van der Waals surface area (Å²) in [6.07, 6.45) is 1.82. The van der Waals surface area contributed by atoms with Gasteiger partial charge in [-0.25, -0.2) is 4.79 Å². The highest BCUT2D eigenvalue weighted by Crippen LogP contribution is 2.31. The molecule has 1 aromatic heterocycles. The second-order valence-electron chi connectivity index (χ2n) is 4.40. The number of rotatable bonds is 6. The van der Waals surface area contributed by atoms with Crippen molar-refractivity contribution in [3.8, 4) is 11.5 Å². The summed E-state index contributed by atoms with van der Waals surface area (Å²) >= 11 is 1.57. The molecule has 0 saturated heterocycles. The van der Waals surface area contributed by atoms with Crippen molar-refractivity contribution in [1.82, 2.24) is 0 Å². The number of benzene rings is 1. The summed E-state index contributed by atoms with van der Waals surface area (Å²) in [5.74, 6) is 0.825. The summed E-state index contributed by atoms with van der Waals surface area (Å²) in [4.78, 5) is 12.3. The molecule has 0 radical (unpaired) electrons. The fourth-order valence-corrected chi connectivity index (χ4v) is 2.61. The van der Waals surface area contributed by atoms with Crippen molar-refractivity contribution in [3.05, 3.63) is 46.2 Å². The third-order valence-electron chi connectivity index (χ3n) is 3.04. The van der Waals surface area contributed by atoms with Crippen LogP contribution in [-0.4, -0.2) is 26.8 Å². The van der Waals surface area contributed by atoms with Gasteiger partial charge in [0.1, 0.15) is 0 Å². The number of hydrogen-bond donors (Lipinski definition) is 0. The molecule has 116 valence electrons. The highest BCUT2D eigenvalue weighted by molar-refractivity contribution is 7.08. The molecule has 1 aromatic carbocycles. The number of ether oxygens (including phenoxy) is 3. The van der Waals surface area contributed by atoms with E-state index in [1.165, 1.54) is 0 Å². The zero-order chi connectivity index (χ0) is 15.9. The van der Waals surface area contributed by atoms with Crippen LogP contribution in [-0.2, 0) is 9.53 Å². The summed E-state index contributed by atoms with van der Waals surface area (Å²) in [6, 6.07) is 7.31. The Morgan fingerprint density at radius 1 is 1.18 bits per heavy atom. The first-order valence-electron chi connectivity index (χ1n) is 6.83. The lowest BCUT2D eigenvalue weighted by molar-refractivity contribution is -0.136. The van der Waals surface area contributed by atoms with Gasteiger partial charge >= 0.3 is 5.97 Å². The molecule has 0 unspecified atom stereocenters. The average Bonchev–Trinajstić information content (AvgIpc) is 3.05. The van der Waals surface area contributed by atoms with Crippen LogP contribution in [0.2, 0.25) is 0 Å². The molecule has 2 rings (SSSR count). The Labute approximate surface area is 133 Å². The fraction of sp³-hybridized carbons (Fsp3) is 0.235. The largest absolute Gasteiger partial charge is 0.493 e. The molecule has 0 N–H and O–H groups in total. The van der Waals surface area contributed by atoms with Crippen molar-refractivity contribution in [2.24, 2.45) is 0 Å². The van der Waals surface area contributed by atoms with Gasteiger partial charge in [0, 0.05) is 0 Å². The monoisotopic (exact) mass is 318 g/mol. The molecule has 0 bridgehead atoms. The van der Waals surface area contributed by atoms with Gasteiger partial charge in [0.15, 0.2) is 11.5 Å². The van der Waals surface area contributed by atoms with Crippen LogP contribution < -0.4 is 9.47 Å². The maximum absolute atomic E-state index is 12.3. The van der Waals surface area contributed by atoms with Gasteiger partial charge in [0.05, 0.1) is 26.4 Å². The third kappa shape index (κ3) is 3.68. The minimum Gasteiger partial charge on any atom is -0.493 e. The molecule has 1 heterocycles. The average molecular weight is 318 g/mol. The van der Waals surface area contributed by atoms with E-state index in [4.69, 9.17) is 14.2 Å². The molecule has 0 atom stereocenters. The lowest BCUT2D eigenvalue weighted by Crippen LogP contribution is -2.07. The second kappa shape index (κ2) is 7.66. The van der Waals surface area contributed by atoms with Gasteiger partial charge in [-0.2, -0.15) is 11.3 Å². The van der Waals surface area contributed by atoms with E-state index in [1.54, 1.807) is 44.6 Å². The van der Waals surface area contributed by atoms with Gasteiger partial charge in [-0.05, 0) is 53.1 Å². The van der Waals surface area contributed by atoms with E-state index in [0.29, 0.717) is 23.7 Å². The molecule has 0 aliphatic carbocycles. The van der Waals surface area contributed by atoms with Gasteiger partial charge < -0.3 is 14.2 Å². The van der Waals surface area contributed by atoms with Crippen molar-refractivity contribution in [2.75, 3.05) is 20.8 Å². The zero-order valence-corrected chi connectivity index (χ0v) is 13.6. The van der Waals surface area contributed by atoms with Crippen LogP contribution in [0.1, 0.15) is 18.1 Å². The van der Waals surface area contributed by atoms with Gasteiger partial charge in [-0.1, -0.05) is 6.07 Å². The molecule has 0 amide bonds. The Morgan fingerprint density at radius 2 is 1.95 bits per heavy atom. The summed E-state index contributed by atoms with van der Waals surface area (Å²) in [5.41, 5.74) is 2.17. The molecule has 5 heteroatoms. The quantitative estimate of drug-likeness (QED) is 0.599. The van der Waals surface area contributed by atoms with E-state index in [1.807, 2.05) is 29.0 Å². The van der Waals surface area contributed by atoms with Crippen LogP contribution in [0.4, 0.5) is 0 Å². The number of carbonyl (C=O) groups is 1. The van der Waals surface area contributed by atoms with Crippen molar-refractivity contribution in [1.29, 1.82) is 0 Å². The zero-order valence-electron chi connectivity index (χ0n) is 12.8. The van der Waals surface area contributed by atoms with E-state index >= 15 is 0 Å². The Bertz CT molecular complexity index is 659. The van der Waals surface area contributed by atoms with Crippen LogP contribution in [0.5, 0.6) is 11.5 Å². The highest BCUT2D eigenvalue weighted by Gasteiger charge is 2.16. The molecule has 4 nitrogen and oxygen atoms in total. The first kappa shape index (κ1) is 16.1. The van der Waals surface area contributed by atoms with Crippen LogP contribution in [0, 0.1) is 0 Å². The van der Waals surface area contributed by atoms with Gasteiger partial charge in [-0.3, -0.25) is 0 Å². The van der Waals surface area contributed by atoms with Gasteiger partial charge in [0.25, 0.3) is 0 Å². The molecule has 0 aliphatic rings.